The summed E-state index contributed by atoms with van der Waals surface area (Å²) in [6.45, 7) is 1.58. The van der Waals surface area contributed by atoms with Gasteiger partial charge in [0, 0.05) is 0 Å². The van der Waals surface area contributed by atoms with Crippen LogP contribution < -0.4 is 0 Å². The minimum atomic E-state index is -3.74. The molecule has 0 amide bonds. The summed E-state index contributed by atoms with van der Waals surface area (Å²) in [7, 11) is -3.74. The number of aliphatic hydroxyl groups excluding tert-OH is 1. The second-order valence-corrected chi connectivity index (χ2v) is 4.98. The summed E-state index contributed by atoms with van der Waals surface area (Å²) >= 11 is 0. The van der Waals surface area contributed by atoms with Gasteiger partial charge in [0.2, 0.25) is 0 Å². The van der Waals surface area contributed by atoms with Gasteiger partial charge in [0.05, 0.1) is 24.9 Å². The van der Waals surface area contributed by atoms with E-state index in [1.807, 2.05) is 0 Å². The molecule has 0 rings (SSSR count). The van der Waals surface area contributed by atoms with Crippen molar-refractivity contribution in [2.24, 2.45) is 0 Å². The molecule has 1 atom stereocenters. The van der Waals surface area contributed by atoms with E-state index in [4.69, 9.17) is 10.2 Å². The zero-order valence-corrected chi connectivity index (χ0v) is 9.37. The lowest BCUT2D eigenvalue weighted by atomic mass is 10.2. The smallest absolute Gasteiger partial charge is 0.304 e. The fourth-order valence-corrected chi connectivity index (χ4v) is 1.75. The van der Waals surface area contributed by atoms with E-state index in [2.05, 4.69) is 4.18 Å². The summed E-state index contributed by atoms with van der Waals surface area (Å²) in [5, 5.41) is 17.1. The van der Waals surface area contributed by atoms with E-state index in [9.17, 15) is 13.2 Å². The molecule has 0 aliphatic heterocycles. The summed E-state index contributed by atoms with van der Waals surface area (Å²) in [6.07, 6.45) is -0.0766. The fourth-order valence-electron chi connectivity index (χ4n) is 0.836. The summed E-state index contributed by atoms with van der Waals surface area (Å²) in [6, 6.07) is 0. The average Bonchev–Trinajstić information content (AvgIpc) is 2.09. The summed E-state index contributed by atoms with van der Waals surface area (Å²) < 4.78 is 26.6. The standard InChI is InChI=1S/C8H16O6S/c1-7(9)3-2-5-14-15(12,13)6-4-8(10)11/h7,9H,2-6H2,1H3,(H,10,11). The Morgan fingerprint density at radius 2 is 2.07 bits per heavy atom. The lowest BCUT2D eigenvalue weighted by Crippen LogP contribution is -2.15. The Kier molecular flexibility index (Phi) is 6.46. The van der Waals surface area contributed by atoms with Crippen molar-refractivity contribution < 1.29 is 27.6 Å². The second kappa shape index (κ2) is 6.76. The number of carbonyl (C=O) groups is 1. The molecular weight excluding hydrogens is 224 g/mol. The van der Waals surface area contributed by atoms with Gasteiger partial charge in [0.25, 0.3) is 10.1 Å². The molecular formula is C8H16O6S. The maximum Gasteiger partial charge on any atom is 0.304 e. The molecule has 15 heavy (non-hydrogen) atoms. The Morgan fingerprint density at radius 3 is 2.53 bits per heavy atom. The van der Waals surface area contributed by atoms with Crippen molar-refractivity contribution >= 4 is 16.1 Å². The van der Waals surface area contributed by atoms with Crippen LogP contribution in [-0.4, -0.2) is 43.1 Å². The van der Waals surface area contributed by atoms with Gasteiger partial charge in [-0.25, -0.2) is 0 Å². The molecule has 7 heteroatoms. The largest absolute Gasteiger partial charge is 0.481 e. The van der Waals surface area contributed by atoms with E-state index >= 15 is 0 Å². The summed E-state index contributed by atoms with van der Waals surface area (Å²) in [5.41, 5.74) is 0. The number of aliphatic carboxylic acids is 1. The molecule has 0 saturated carbocycles. The monoisotopic (exact) mass is 240 g/mol. The van der Waals surface area contributed by atoms with Gasteiger partial charge >= 0.3 is 5.97 Å². The quantitative estimate of drug-likeness (QED) is 0.456. The number of hydrogen-bond donors (Lipinski definition) is 2. The van der Waals surface area contributed by atoms with Crippen molar-refractivity contribution in [3.63, 3.8) is 0 Å². The van der Waals surface area contributed by atoms with Gasteiger partial charge < -0.3 is 10.2 Å². The highest BCUT2D eigenvalue weighted by Crippen LogP contribution is 2.01. The molecule has 90 valence electrons. The first-order valence-electron chi connectivity index (χ1n) is 4.60. The Balaban J connectivity index is 3.70. The summed E-state index contributed by atoms with van der Waals surface area (Å²) in [4.78, 5) is 10.1. The van der Waals surface area contributed by atoms with Crippen LogP contribution in [0.15, 0.2) is 0 Å². The molecule has 0 heterocycles. The highest BCUT2D eigenvalue weighted by molar-refractivity contribution is 7.86. The molecule has 1 unspecified atom stereocenters. The molecule has 0 aromatic carbocycles. The van der Waals surface area contributed by atoms with Crippen molar-refractivity contribution in [1.29, 1.82) is 0 Å². The molecule has 0 aromatic rings. The van der Waals surface area contributed by atoms with E-state index < -0.39 is 34.4 Å². The van der Waals surface area contributed by atoms with E-state index in [1.54, 1.807) is 6.92 Å². The number of hydrogen-bond acceptors (Lipinski definition) is 5. The first kappa shape index (κ1) is 14.3. The predicted octanol–water partition coefficient (Wildman–Crippen LogP) is -0.0315. The fraction of sp³-hybridized carbons (Fsp3) is 0.875. The van der Waals surface area contributed by atoms with E-state index in [0.717, 1.165) is 0 Å². The third-order valence-corrected chi connectivity index (χ3v) is 2.82. The van der Waals surface area contributed by atoms with Gasteiger partial charge in [-0.15, -0.1) is 0 Å². The maximum atomic E-state index is 11.0. The number of aliphatic hydroxyl groups is 1. The number of carboxylic acids is 1. The van der Waals surface area contributed by atoms with Crippen LogP contribution in [0.2, 0.25) is 0 Å². The van der Waals surface area contributed by atoms with Crippen LogP contribution in [0.25, 0.3) is 0 Å². The third kappa shape index (κ3) is 9.64. The van der Waals surface area contributed by atoms with Crippen molar-refractivity contribution in [2.45, 2.75) is 32.3 Å². The molecule has 0 bridgehead atoms. The minimum absolute atomic E-state index is 0.0210. The Bertz CT molecular complexity index is 282. The normalized spacial score (nSPS) is 13.7. The van der Waals surface area contributed by atoms with Gasteiger partial charge in [0.15, 0.2) is 0 Å². The highest BCUT2D eigenvalue weighted by Gasteiger charge is 2.13. The lowest BCUT2D eigenvalue weighted by molar-refractivity contribution is -0.136. The van der Waals surface area contributed by atoms with Crippen LogP contribution >= 0.6 is 0 Å². The highest BCUT2D eigenvalue weighted by atomic mass is 32.2. The minimum Gasteiger partial charge on any atom is -0.481 e. The lowest BCUT2D eigenvalue weighted by Gasteiger charge is -2.05. The predicted molar refractivity (Wildman–Crippen MR) is 52.9 cm³/mol. The Hall–Kier alpha value is -0.660. The molecule has 0 aliphatic rings. The molecule has 2 N–H and O–H groups in total. The Labute approximate surface area is 89.0 Å². The van der Waals surface area contributed by atoms with Crippen molar-refractivity contribution in [1.82, 2.24) is 0 Å². The Morgan fingerprint density at radius 1 is 1.47 bits per heavy atom. The van der Waals surface area contributed by atoms with Crippen LogP contribution in [0.4, 0.5) is 0 Å². The topological polar surface area (TPSA) is 101 Å². The van der Waals surface area contributed by atoms with Crippen LogP contribution in [0, 0.1) is 0 Å². The van der Waals surface area contributed by atoms with Crippen LogP contribution in [0.5, 0.6) is 0 Å². The summed E-state index contributed by atoms with van der Waals surface area (Å²) in [5.74, 6) is -1.69. The number of carboxylic acid groups (broad SMARTS) is 1. The van der Waals surface area contributed by atoms with E-state index in [0.29, 0.717) is 12.8 Å². The van der Waals surface area contributed by atoms with Gasteiger partial charge in [-0.3, -0.25) is 8.98 Å². The number of rotatable bonds is 8. The average molecular weight is 240 g/mol. The zero-order chi connectivity index (χ0) is 11.9. The molecule has 0 fully saturated rings. The van der Waals surface area contributed by atoms with Gasteiger partial charge in [-0.05, 0) is 19.8 Å². The second-order valence-electron chi connectivity index (χ2n) is 3.22. The van der Waals surface area contributed by atoms with Crippen LogP contribution in [0.3, 0.4) is 0 Å². The van der Waals surface area contributed by atoms with Crippen molar-refractivity contribution in [3.05, 3.63) is 0 Å². The zero-order valence-electron chi connectivity index (χ0n) is 8.55. The molecule has 0 aliphatic carbocycles. The molecule has 0 aromatic heterocycles. The van der Waals surface area contributed by atoms with Crippen molar-refractivity contribution in [2.75, 3.05) is 12.4 Å². The van der Waals surface area contributed by atoms with Gasteiger partial charge in [-0.2, -0.15) is 8.42 Å². The van der Waals surface area contributed by atoms with Crippen LogP contribution in [0.1, 0.15) is 26.2 Å². The van der Waals surface area contributed by atoms with Crippen LogP contribution in [-0.2, 0) is 19.1 Å². The first-order chi connectivity index (χ1) is 6.83. The molecule has 6 nitrogen and oxygen atoms in total. The maximum absolute atomic E-state index is 11.0. The molecule has 0 saturated heterocycles. The van der Waals surface area contributed by atoms with Crippen molar-refractivity contribution in [3.8, 4) is 0 Å². The van der Waals surface area contributed by atoms with E-state index in [1.165, 1.54) is 0 Å². The van der Waals surface area contributed by atoms with E-state index in [-0.39, 0.29) is 6.61 Å². The SMILES string of the molecule is CC(O)CCCOS(=O)(=O)CCC(=O)O. The third-order valence-electron chi connectivity index (χ3n) is 1.60. The van der Waals surface area contributed by atoms with Gasteiger partial charge in [-0.1, -0.05) is 0 Å². The first-order valence-corrected chi connectivity index (χ1v) is 6.18. The molecule has 0 spiro atoms. The molecule has 0 radical (unpaired) electrons. The van der Waals surface area contributed by atoms with Gasteiger partial charge in [0.1, 0.15) is 0 Å².